The Morgan fingerprint density at radius 3 is 1.15 bits per heavy atom. The lowest BCUT2D eigenvalue weighted by Crippen LogP contribution is -2.16. The molecule has 0 aliphatic heterocycles. The molecular weight excluding hydrogens is 1250 g/mol. The first-order valence-electron chi connectivity index (χ1n) is 35.7. The Hall–Kier alpha value is -13.0. The van der Waals surface area contributed by atoms with Gasteiger partial charge in [0.2, 0.25) is 0 Å². The third-order valence-corrected chi connectivity index (χ3v) is 21.1. The molecule has 2 heterocycles. The molecular formula is C99H74N4. The van der Waals surface area contributed by atoms with Crippen LogP contribution in [0.15, 0.2) is 376 Å². The van der Waals surface area contributed by atoms with Crippen LogP contribution >= 0.6 is 0 Å². The summed E-state index contributed by atoms with van der Waals surface area (Å²) in [6.07, 6.45) is 0. The van der Waals surface area contributed by atoms with Gasteiger partial charge in [0, 0.05) is 72.2 Å². The largest absolute Gasteiger partial charge is 0.310 e. The normalized spacial score (nSPS) is 12.2. The third kappa shape index (κ3) is 11.2. The number of para-hydroxylation sites is 4. The van der Waals surface area contributed by atoms with Gasteiger partial charge in [-0.15, -0.1) is 0 Å². The van der Waals surface area contributed by atoms with E-state index < -0.39 is 0 Å². The molecule has 103 heavy (non-hydrogen) atoms. The van der Waals surface area contributed by atoms with Crippen molar-refractivity contribution in [2.24, 2.45) is 0 Å². The van der Waals surface area contributed by atoms with Crippen LogP contribution in [0.25, 0.3) is 121 Å². The monoisotopic (exact) mass is 1320 g/mol. The number of hydrogen-bond donors (Lipinski definition) is 0. The molecule has 0 atom stereocenters. The van der Waals surface area contributed by atoms with Gasteiger partial charge < -0.3 is 18.9 Å². The summed E-state index contributed by atoms with van der Waals surface area (Å²) in [4.78, 5) is 4.75. The summed E-state index contributed by atoms with van der Waals surface area (Å²) in [6, 6.07) is 137. The molecule has 1 aliphatic rings. The summed E-state index contributed by atoms with van der Waals surface area (Å²) in [5.41, 5.74) is 31.5. The molecule has 0 saturated carbocycles. The number of benzene rings is 16. The zero-order valence-corrected chi connectivity index (χ0v) is 58.1. The highest BCUT2D eigenvalue weighted by Gasteiger charge is 2.37. The molecule has 0 radical (unpaired) electrons. The molecule has 18 aromatic rings. The SMILES string of the molecule is Cc1ccc(-n2c3ccccc3c3cc(-c4ccc5c(c4)C(C)(C)c4cc(N(c6ccccc6)c6ccc(-c7ccccc7)cc6)ccc4-5)ccc32)cc1.Cc1ccc(-n2c3ccccc3c3cc(-c4cccc5c(N(c6ccccc6)c6ccc(-c7ccccc7)cc6)cccc45)ccc32)cc1. The zero-order valence-electron chi connectivity index (χ0n) is 58.1. The fraction of sp³-hybridized carbons (Fsp3) is 0.0505. The van der Waals surface area contributed by atoms with Crippen molar-refractivity contribution in [1.29, 1.82) is 0 Å². The number of rotatable bonds is 12. The van der Waals surface area contributed by atoms with E-state index in [9.17, 15) is 0 Å². The van der Waals surface area contributed by atoms with Crippen LogP contribution in [0.3, 0.4) is 0 Å². The molecule has 2 aromatic heterocycles. The highest BCUT2D eigenvalue weighted by atomic mass is 15.1. The van der Waals surface area contributed by atoms with Crippen LogP contribution in [0, 0.1) is 13.8 Å². The van der Waals surface area contributed by atoms with E-state index in [-0.39, 0.29) is 5.41 Å². The smallest absolute Gasteiger partial charge is 0.0541 e. The Kier molecular flexibility index (Phi) is 15.7. The lowest BCUT2D eigenvalue weighted by Gasteiger charge is -2.28. The van der Waals surface area contributed by atoms with Gasteiger partial charge in [0.05, 0.1) is 27.8 Å². The summed E-state index contributed by atoms with van der Waals surface area (Å²) in [5.74, 6) is 0. The van der Waals surface area contributed by atoms with Crippen molar-refractivity contribution in [3.63, 3.8) is 0 Å². The average Bonchev–Trinajstić information content (AvgIpc) is 1.61. The van der Waals surface area contributed by atoms with Gasteiger partial charge in [-0.2, -0.15) is 0 Å². The van der Waals surface area contributed by atoms with Gasteiger partial charge in [0.1, 0.15) is 0 Å². The van der Waals surface area contributed by atoms with E-state index in [0.29, 0.717) is 0 Å². The second-order valence-corrected chi connectivity index (χ2v) is 27.8. The fourth-order valence-electron chi connectivity index (χ4n) is 15.9. The number of anilines is 6. The highest BCUT2D eigenvalue weighted by Crippen LogP contribution is 2.53. The molecule has 1 aliphatic carbocycles. The molecule has 0 spiro atoms. The van der Waals surface area contributed by atoms with Gasteiger partial charge in [-0.05, 0) is 219 Å². The van der Waals surface area contributed by atoms with Gasteiger partial charge >= 0.3 is 0 Å². The van der Waals surface area contributed by atoms with Crippen LogP contribution < -0.4 is 9.80 Å². The maximum absolute atomic E-state index is 2.44. The number of hydrogen-bond acceptors (Lipinski definition) is 2. The molecule has 490 valence electrons. The van der Waals surface area contributed by atoms with Crippen LogP contribution in [0.5, 0.6) is 0 Å². The van der Waals surface area contributed by atoms with Crippen molar-refractivity contribution in [3.05, 3.63) is 398 Å². The average molecular weight is 1320 g/mol. The molecule has 4 nitrogen and oxygen atoms in total. The molecule has 4 heteroatoms. The molecule has 19 rings (SSSR count). The Morgan fingerprint density at radius 1 is 0.223 bits per heavy atom. The van der Waals surface area contributed by atoms with Crippen molar-refractivity contribution in [1.82, 2.24) is 9.13 Å². The van der Waals surface area contributed by atoms with E-state index in [0.717, 1.165) is 34.1 Å². The number of nitrogens with zero attached hydrogens (tertiary/aromatic N) is 4. The van der Waals surface area contributed by atoms with Gasteiger partial charge in [0.25, 0.3) is 0 Å². The van der Waals surface area contributed by atoms with Crippen molar-refractivity contribution in [2.75, 3.05) is 9.80 Å². The Morgan fingerprint density at radius 2 is 0.592 bits per heavy atom. The van der Waals surface area contributed by atoms with Crippen LogP contribution in [0.2, 0.25) is 0 Å². The second-order valence-electron chi connectivity index (χ2n) is 27.8. The van der Waals surface area contributed by atoms with Crippen molar-refractivity contribution in [3.8, 4) is 67.0 Å². The van der Waals surface area contributed by atoms with E-state index in [1.165, 1.54) is 144 Å². The topological polar surface area (TPSA) is 16.3 Å². The second kappa shape index (κ2) is 25.9. The summed E-state index contributed by atoms with van der Waals surface area (Å²) in [5, 5.41) is 7.49. The summed E-state index contributed by atoms with van der Waals surface area (Å²) in [7, 11) is 0. The maximum Gasteiger partial charge on any atom is 0.0541 e. The molecule has 16 aromatic carbocycles. The van der Waals surface area contributed by atoms with E-state index in [4.69, 9.17) is 0 Å². The number of fused-ring (bicyclic) bond motifs is 10. The molecule has 0 unspecified atom stereocenters. The molecule has 0 saturated heterocycles. The first kappa shape index (κ1) is 62.2. The van der Waals surface area contributed by atoms with Gasteiger partial charge in [0.15, 0.2) is 0 Å². The summed E-state index contributed by atoms with van der Waals surface area (Å²) < 4.78 is 4.78. The van der Waals surface area contributed by atoms with Gasteiger partial charge in [-0.1, -0.05) is 268 Å². The van der Waals surface area contributed by atoms with E-state index in [1.54, 1.807) is 0 Å². The minimum Gasteiger partial charge on any atom is -0.310 e. The molecule has 0 amide bonds. The van der Waals surface area contributed by atoms with Gasteiger partial charge in [-0.3, -0.25) is 0 Å². The quantitative estimate of drug-likeness (QED) is 0.121. The molecule has 0 N–H and O–H groups in total. The number of aromatic nitrogens is 2. The standard InChI is InChI=1S/C52H40N2.C47H34N2/c1-35-18-24-42(25-19-35)54-50-17-11-10-16-46(50)47-32-38(23-31-51(47)54)39-22-29-44-45-30-28-43(34-49(45)52(2,3)48(44)33-39)53(40-14-8-5-9-15-40)41-26-20-37(21-27-41)36-12-6-4-7-13-36;1-33-22-27-39(28-23-33)49-46-20-9-8-16-43(46)44-32-36(26-31-47(44)49)40-17-10-19-42-41(40)18-11-21-45(42)48(37-14-6-3-7-15-37)38-29-24-35(25-30-38)34-12-4-2-5-13-34/h4-34H,1-3H3;2-32H,1H3. The van der Waals surface area contributed by atoms with E-state index in [1.807, 2.05) is 0 Å². The van der Waals surface area contributed by atoms with E-state index in [2.05, 4.69) is 423 Å². The Labute approximate surface area is 602 Å². The lowest BCUT2D eigenvalue weighted by molar-refractivity contribution is 0.660. The molecule has 0 bridgehead atoms. The Bertz CT molecular complexity index is 6170. The lowest BCUT2D eigenvalue weighted by atomic mass is 9.81. The van der Waals surface area contributed by atoms with Crippen molar-refractivity contribution in [2.45, 2.75) is 33.1 Å². The minimum absolute atomic E-state index is 0.179. The third-order valence-electron chi connectivity index (χ3n) is 21.1. The first-order chi connectivity index (χ1) is 50.7. The van der Waals surface area contributed by atoms with Crippen LogP contribution in [-0.2, 0) is 5.41 Å². The fourth-order valence-corrected chi connectivity index (χ4v) is 15.9. The van der Waals surface area contributed by atoms with E-state index >= 15 is 0 Å². The predicted molar refractivity (Wildman–Crippen MR) is 437 cm³/mol. The zero-order chi connectivity index (χ0) is 69.1. The highest BCUT2D eigenvalue weighted by molar-refractivity contribution is 6.13. The van der Waals surface area contributed by atoms with Crippen LogP contribution in [-0.4, -0.2) is 9.13 Å². The van der Waals surface area contributed by atoms with Gasteiger partial charge in [-0.25, -0.2) is 0 Å². The van der Waals surface area contributed by atoms with Crippen LogP contribution in [0.1, 0.15) is 36.1 Å². The summed E-state index contributed by atoms with van der Waals surface area (Å²) in [6.45, 7) is 9.04. The number of aryl methyl sites for hydroxylation is 2. The summed E-state index contributed by atoms with van der Waals surface area (Å²) >= 11 is 0. The first-order valence-corrected chi connectivity index (χ1v) is 35.7. The Balaban J connectivity index is 0.000000148. The maximum atomic E-state index is 2.44. The minimum atomic E-state index is -0.179. The van der Waals surface area contributed by atoms with Crippen molar-refractivity contribution >= 4 is 88.5 Å². The predicted octanol–water partition coefficient (Wildman–Crippen LogP) is 27.3. The van der Waals surface area contributed by atoms with Crippen LogP contribution in [0.4, 0.5) is 34.1 Å². The molecule has 0 fully saturated rings. The van der Waals surface area contributed by atoms with Crippen molar-refractivity contribution < 1.29 is 0 Å².